The number of nitrogens with zero attached hydrogens (tertiary/aromatic N) is 1. The Hall–Kier alpha value is -3.12. The van der Waals surface area contributed by atoms with Crippen molar-refractivity contribution in [3.63, 3.8) is 0 Å². The van der Waals surface area contributed by atoms with Crippen LogP contribution in [-0.4, -0.2) is 9.97 Å². The number of benzene rings is 2. The maximum absolute atomic E-state index is 7.36. The van der Waals surface area contributed by atoms with E-state index >= 15 is 0 Å². The predicted octanol–water partition coefficient (Wildman–Crippen LogP) is 4.26. The molecule has 0 amide bonds. The van der Waals surface area contributed by atoms with Gasteiger partial charge in [0.1, 0.15) is 5.82 Å². The molecule has 2 aromatic heterocycles. The van der Waals surface area contributed by atoms with Crippen molar-refractivity contribution in [2.45, 2.75) is 0 Å². The second-order valence-corrected chi connectivity index (χ2v) is 5.07. The van der Waals surface area contributed by atoms with Gasteiger partial charge in [-0.25, -0.2) is 11.4 Å². The zero-order chi connectivity index (χ0) is 15.1. The third kappa shape index (κ3) is 1.64. The lowest BCUT2D eigenvalue weighted by Gasteiger charge is -1.98. The number of H-pyrrole nitrogens is 2. The number of nitrogens with one attached hydrogen (secondary N) is 4. The zero-order valence-corrected chi connectivity index (χ0v) is 11.6. The molecular weight excluding hydrogens is 276 g/mol. The molecule has 2 heterocycles. The lowest BCUT2D eigenvalue weighted by molar-refractivity contribution is 1.11. The topological polar surface area (TPSA) is 106 Å². The molecule has 0 atom stereocenters. The maximum atomic E-state index is 7.36. The smallest absolute Gasteiger partial charge is 0.160 e. The van der Waals surface area contributed by atoms with E-state index in [1.807, 2.05) is 48.5 Å². The Bertz CT molecular complexity index is 994. The van der Waals surface area contributed by atoms with Gasteiger partial charge in [0.25, 0.3) is 0 Å². The molecule has 0 radical (unpaired) electrons. The summed E-state index contributed by atoms with van der Waals surface area (Å²) in [4.78, 5) is 6.55. The summed E-state index contributed by atoms with van der Waals surface area (Å²) in [6, 6.07) is 15.9. The Morgan fingerprint density at radius 2 is 1.36 bits per heavy atom. The van der Waals surface area contributed by atoms with Crippen molar-refractivity contribution in [3.8, 4) is 11.4 Å². The monoisotopic (exact) mass is 290 g/mol. The van der Waals surface area contributed by atoms with Crippen molar-refractivity contribution in [3.05, 3.63) is 48.5 Å². The van der Waals surface area contributed by atoms with Gasteiger partial charge < -0.3 is 15.4 Å². The van der Waals surface area contributed by atoms with E-state index < -0.39 is 0 Å². The van der Waals surface area contributed by atoms with Crippen LogP contribution in [0.5, 0.6) is 0 Å². The Morgan fingerprint density at radius 3 is 2.00 bits per heavy atom. The van der Waals surface area contributed by atoms with E-state index in [2.05, 4.69) is 20.5 Å². The van der Waals surface area contributed by atoms with E-state index in [0.29, 0.717) is 5.82 Å². The van der Waals surface area contributed by atoms with Crippen LogP contribution in [-0.2, 0) is 0 Å². The SMILES string of the molecule is N=Nc1[nH]c(-c2[nH]c(NN)c3ccccc23)c2ccccc12. The number of aromatic amines is 2. The van der Waals surface area contributed by atoms with Crippen LogP contribution in [0.2, 0.25) is 0 Å². The Balaban J connectivity index is 2.10. The highest BCUT2D eigenvalue weighted by atomic mass is 15.3. The molecule has 0 saturated carbocycles. The van der Waals surface area contributed by atoms with E-state index in [1.165, 1.54) is 0 Å². The van der Waals surface area contributed by atoms with Gasteiger partial charge >= 0.3 is 0 Å². The van der Waals surface area contributed by atoms with Crippen LogP contribution in [0.1, 0.15) is 0 Å². The molecule has 4 rings (SSSR count). The number of rotatable bonds is 3. The average Bonchev–Trinajstić information content (AvgIpc) is 3.13. The molecule has 2 aromatic carbocycles. The summed E-state index contributed by atoms with van der Waals surface area (Å²) >= 11 is 0. The molecule has 0 aliphatic carbocycles. The lowest BCUT2D eigenvalue weighted by atomic mass is 10.1. The Kier molecular flexibility index (Phi) is 2.70. The zero-order valence-electron chi connectivity index (χ0n) is 11.6. The fourth-order valence-electron chi connectivity index (χ4n) is 2.94. The molecule has 22 heavy (non-hydrogen) atoms. The van der Waals surface area contributed by atoms with Gasteiger partial charge in [0.05, 0.1) is 11.4 Å². The summed E-state index contributed by atoms with van der Waals surface area (Å²) in [7, 11) is 0. The van der Waals surface area contributed by atoms with Crippen molar-refractivity contribution in [2.24, 2.45) is 11.0 Å². The summed E-state index contributed by atoms with van der Waals surface area (Å²) < 4.78 is 0. The van der Waals surface area contributed by atoms with Crippen molar-refractivity contribution < 1.29 is 0 Å². The molecule has 6 nitrogen and oxygen atoms in total. The number of hydrazine groups is 1. The quantitative estimate of drug-likeness (QED) is 0.221. The fourth-order valence-corrected chi connectivity index (χ4v) is 2.94. The van der Waals surface area contributed by atoms with Crippen LogP contribution in [0, 0.1) is 5.53 Å². The molecule has 0 aliphatic rings. The van der Waals surface area contributed by atoms with Crippen LogP contribution in [0.15, 0.2) is 53.6 Å². The molecule has 4 aromatic rings. The third-order valence-corrected chi connectivity index (χ3v) is 3.92. The first-order valence-corrected chi connectivity index (χ1v) is 6.89. The van der Waals surface area contributed by atoms with Gasteiger partial charge in [-0.1, -0.05) is 48.5 Å². The number of nitrogens with two attached hydrogens (primary N) is 1. The number of anilines is 1. The third-order valence-electron chi connectivity index (χ3n) is 3.92. The Labute approximate surface area is 125 Å². The normalized spacial score (nSPS) is 11.1. The summed E-state index contributed by atoms with van der Waals surface area (Å²) in [5.41, 5.74) is 11.9. The van der Waals surface area contributed by atoms with E-state index in [9.17, 15) is 0 Å². The molecule has 0 saturated heterocycles. The highest BCUT2D eigenvalue weighted by Crippen LogP contribution is 2.39. The molecule has 6 heteroatoms. The molecule has 0 bridgehead atoms. The van der Waals surface area contributed by atoms with Gasteiger partial charge in [0.2, 0.25) is 0 Å². The molecule has 0 spiro atoms. The highest BCUT2D eigenvalue weighted by Gasteiger charge is 2.16. The fraction of sp³-hybridized carbons (Fsp3) is 0. The number of hydrogen-bond donors (Lipinski definition) is 5. The maximum Gasteiger partial charge on any atom is 0.160 e. The van der Waals surface area contributed by atoms with Gasteiger partial charge in [0, 0.05) is 21.5 Å². The largest absolute Gasteiger partial charge is 0.338 e. The minimum atomic E-state index is 0.548. The van der Waals surface area contributed by atoms with E-state index in [-0.39, 0.29) is 0 Å². The summed E-state index contributed by atoms with van der Waals surface area (Å²) in [6.07, 6.45) is 0. The predicted molar refractivity (Wildman–Crippen MR) is 88.2 cm³/mol. The summed E-state index contributed by atoms with van der Waals surface area (Å²) in [6.45, 7) is 0. The molecule has 0 unspecified atom stereocenters. The van der Waals surface area contributed by atoms with Gasteiger partial charge in [0.15, 0.2) is 5.82 Å². The molecule has 0 aliphatic heterocycles. The highest BCUT2D eigenvalue weighted by molar-refractivity contribution is 6.10. The number of hydrogen-bond acceptors (Lipinski definition) is 4. The first-order chi connectivity index (χ1) is 10.8. The molecule has 0 fully saturated rings. The molecular formula is C16H14N6. The van der Waals surface area contributed by atoms with Crippen molar-refractivity contribution >= 4 is 33.2 Å². The van der Waals surface area contributed by atoms with Crippen molar-refractivity contribution in [2.75, 3.05) is 5.43 Å². The first-order valence-electron chi connectivity index (χ1n) is 6.89. The van der Waals surface area contributed by atoms with Crippen molar-refractivity contribution in [1.29, 1.82) is 5.53 Å². The van der Waals surface area contributed by atoms with Crippen LogP contribution in [0.4, 0.5) is 11.6 Å². The minimum Gasteiger partial charge on any atom is -0.338 e. The van der Waals surface area contributed by atoms with E-state index in [4.69, 9.17) is 11.4 Å². The first kappa shape index (κ1) is 12.6. The standard InChI is InChI=1S/C16H14N6/c17-21-15-11-7-3-1-5-9(11)13(19-15)14-10-6-2-4-8-12(10)16(20-14)22-18/h1-8,17,19-20,22H,18H2. The average molecular weight is 290 g/mol. The Morgan fingerprint density at radius 1 is 0.818 bits per heavy atom. The minimum absolute atomic E-state index is 0.548. The van der Waals surface area contributed by atoms with Gasteiger partial charge in [-0.05, 0) is 0 Å². The summed E-state index contributed by atoms with van der Waals surface area (Å²) in [5, 5.41) is 7.61. The lowest BCUT2D eigenvalue weighted by Crippen LogP contribution is -2.07. The van der Waals surface area contributed by atoms with Gasteiger partial charge in [-0.3, -0.25) is 0 Å². The molecule has 108 valence electrons. The van der Waals surface area contributed by atoms with Crippen molar-refractivity contribution in [1.82, 2.24) is 9.97 Å². The van der Waals surface area contributed by atoms with Gasteiger partial charge in [-0.15, -0.1) is 5.11 Å². The number of nitrogen functional groups attached to an aromatic ring is 1. The second-order valence-electron chi connectivity index (χ2n) is 5.07. The van der Waals surface area contributed by atoms with Gasteiger partial charge in [-0.2, -0.15) is 0 Å². The second kappa shape index (κ2) is 4.71. The van der Waals surface area contributed by atoms with E-state index in [1.54, 1.807) is 0 Å². The summed E-state index contributed by atoms with van der Waals surface area (Å²) in [5.74, 6) is 6.92. The number of fused-ring (bicyclic) bond motifs is 2. The van der Waals surface area contributed by atoms with Crippen LogP contribution < -0.4 is 11.3 Å². The number of aromatic nitrogens is 2. The molecule has 6 N–H and O–H groups in total. The van der Waals surface area contributed by atoms with Crippen LogP contribution in [0.25, 0.3) is 32.9 Å². The van der Waals surface area contributed by atoms with Crippen LogP contribution >= 0.6 is 0 Å². The van der Waals surface area contributed by atoms with Crippen LogP contribution in [0.3, 0.4) is 0 Å². The van der Waals surface area contributed by atoms with E-state index in [0.717, 1.165) is 38.8 Å².